The van der Waals surface area contributed by atoms with Crippen LogP contribution in [-0.2, 0) is 6.42 Å². The SMILES string of the molecule is CNC(CCC1CC1)Cc1cc(C)ccc1C. The van der Waals surface area contributed by atoms with Crippen molar-refractivity contribution in [2.75, 3.05) is 7.05 Å². The van der Waals surface area contributed by atoms with Crippen LogP contribution in [0.15, 0.2) is 18.2 Å². The first-order valence-electron chi connectivity index (χ1n) is 6.92. The fourth-order valence-electron chi connectivity index (χ4n) is 2.48. The summed E-state index contributed by atoms with van der Waals surface area (Å²) in [6.07, 6.45) is 6.86. The maximum Gasteiger partial charge on any atom is 0.0105 e. The zero-order chi connectivity index (χ0) is 12.3. The predicted molar refractivity (Wildman–Crippen MR) is 74.4 cm³/mol. The Hall–Kier alpha value is -0.820. The van der Waals surface area contributed by atoms with E-state index in [1.54, 1.807) is 0 Å². The van der Waals surface area contributed by atoms with Crippen LogP contribution >= 0.6 is 0 Å². The Bertz CT molecular complexity index is 366. The topological polar surface area (TPSA) is 12.0 Å². The average molecular weight is 231 g/mol. The van der Waals surface area contributed by atoms with E-state index in [4.69, 9.17) is 0 Å². The lowest BCUT2D eigenvalue weighted by molar-refractivity contribution is 0.484. The molecule has 1 aliphatic carbocycles. The van der Waals surface area contributed by atoms with Crippen molar-refractivity contribution in [1.29, 1.82) is 0 Å². The van der Waals surface area contributed by atoms with Gasteiger partial charge in [0.25, 0.3) is 0 Å². The van der Waals surface area contributed by atoms with Crippen molar-refractivity contribution in [3.63, 3.8) is 0 Å². The third kappa shape index (κ3) is 3.85. The first-order chi connectivity index (χ1) is 8.19. The van der Waals surface area contributed by atoms with Crippen molar-refractivity contribution < 1.29 is 0 Å². The Morgan fingerprint density at radius 3 is 2.71 bits per heavy atom. The van der Waals surface area contributed by atoms with Crippen molar-refractivity contribution in [1.82, 2.24) is 5.32 Å². The molecule has 1 N–H and O–H groups in total. The highest BCUT2D eigenvalue weighted by molar-refractivity contribution is 5.31. The van der Waals surface area contributed by atoms with E-state index < -0.39 is 0 Å². The lowest BCUT2D eigenvalue weighted by atomic mass is 9.96. The van der Waals surface area contributed by atoms with Crippen LogP contribution in [0.3, 0.4) is 0 Å². The fraction of sp³-hybridized carbons (Fsp3) is 0.625. The summed E-state index contributed by atoms with van der Waals surface area (Å²) in [5.74, 6) is 1.05. The molecule has 0 spiro atoms. The van der Waals surface area contributed by atoms with E-state index in [0.717, 1.165) is 5.92 Å². The maximum absolute atomic E-state index is 3.48. The molecule has 0 aromatic heterocycles. The zero-order valence-electron chi connectivity index (χ0n) is 11.4. The minimum atomic E-state index is 0.649. The predicted octanol–water partition coefficient (Wildman–Crippen LogP) is 3.62. The van der Waals surface area contributed by atoms with Crippen molar-refractivity contribution >= 4 is 0 Å². The number of hydrogen-bond acceptors (Lipinski definition) is 1. The quantitative estimate of drug-likeness (QED) is 0.788. The average Bonchev–Trinajstić information content (AvgIpc) is 3.12. The molecule has 1 aliphatic rings. The summed E-state index contributed by atoms with van der Waals surface area (Å²) in [6, 6.07) is 7.45. The lowest BCUT2D eigenvalue weighted by Gasteiger charge is -2.17. The fourth-order valence-corrected chi connectivity index (χ4v) is 2.48. The zero-order valence-corrected chi connectivity index (χ0v) is 11.4. The highest BCUT2D eigenvalue weighted by Gasteiger charge is 2.22. The van der Waals surface area contributed by atoms with Crippen LogP contribution in [0.1, 0.15) is 42.4 Å². The van der Waals surface area contributed by atoms with E-state index in [1.807, 2.05) is 0 Å². The Kier molecular flexibility index (Phi) is 4.22. The van der Waals surface area contributed by atoms with Crippen LogP contribution in [0.2, 0.25) is 0 Å². The molecule has 1 saturated carbocycles. The van der Waals surface area contributed by atoms with E-state index in [2.05, 4.69) is 44.4 Å². The second kappa shape index (κ2) is 5.68. The van der Waals surface area contributed by atoms with Gasteiger partial charge in [0.15, 0.2) is 0 Å². The molecule has 0 radical (unpaired) electrons. The van der Waals surface area contributed by atoms with Gasteiger partial charge < -0.3 is 5.32 Å². The van der Waals surface area contributed by atoms with Gasteiger partial charge in [-0.2, -0.15) is 0 Å². The highest BCUT2D eigenvalue weighted by Crippen LogP contribution is 2.34. The summed E-state index contributed by atoms with van der Waals surface area (Å²) in [5, 5.41) is 3.48. The number of likely N-dealkylation sites (N-methyl/N-ethyl adjacent to an activating group) is 1. The summed E-state index contributed by atoms with van der Waals surface area (Å²) >= 11 is 0. The van der Waals surface area contributed by atoms with Crippen molar-refractivity contribution in [3.8, 4) is 0 Å². The Balaban J connectivity index is 1.93. The van der Waals surface area contributed by atoms with E-state index in [9.17, 15) is 0 Å². The van der Waals surface area contributed by atoms with Crippen LogP contribution in [-0.4, -0.2) is 13.1 Å². The Labute approximate surface area is 106 Å². The summed E-state index contributed by atoms with van der Waals surface area (Å²) in [5.41, 5.74) is 4.32. The normalized spacial score (nSPS) is 17.1. The van der Waals surface area contributed by atoms with Gasteiger partial charge in [0.2, 0.25) is 0 Å². The monoisotopic (exact) mass is 231 g/mol. The Morgan fingerprint density at radius 1 is 1.29 bits per heavy atom. The van der Waals surface area contributed by atoms with Gasteiger partial charge in [0.1, 0.15) is 0 Å². The number of rotatable bonds is 6. The van der Waals surface area contributed by atoms with Gasteiger partial charge in [0, 0.05) is 6.04 Å². The number of aryl methyl sites for hydroxylation is 2. The molecule has 17 heavy (non-hydrogen) atoms. The summed E-state index contributed by atoms with van der Waals surface area (Å²) in [6.45, 7) is 4.41. The van der Waals surface area contributed by atoms with Gasteiger partial charge in [-0.25, -0.2) is 0 Å². The summed E-state index contributed by atoms with van der Waals surface area (Å²) < 4.78 is 0. The first-order valence-corrected chi connectivity index (χ1v) is 6.92. The number of benzene rings is 1. The number of hydrogen-bond donors (Lipinski definition) is 1. The van der Waals surface area contributed by atoms with Gasteiger partial charge >= 0.3 is 0 Å². The van der Waals surface area contributed by atoms with Crippen LogP contribution in [0, 0.1) is 19.8 Å². The highest BCUT2D eigenvalue weighted by atomic mass is 14.9. The molecule has 0 saturated heterocycles. The second-order valence-corrected chi connectivity index (χ2v) is 5.64. The minimum Gasteiger partial charge on any atom is -0.317 e. The summed E-state index contributed by atoms with van der Waals surface area (Å²) in [4.78, 5) is 0. The molecular formula is C16H25N. The third-order valence-corrected chi connectivity index (χ3v) is 4.00. The Morgan fingerprint density at radius 2 is 2.06 bits per heavy atom. The molecule has 0 bridgehead atoms. The second-order valence-electron chi connectivity index (χ2n) is 5.64. The molecule has 1 fully saturated rings. The van der Waals surface area contributed by atoms with E-state index >= 15 is 0 Å². The largest absolute Gasteiger partial charge is 0.317 e. The molecular weight excluding hydrogens is 206 g/mol. The van der Waals surface area contributed by atoms with Gasteiger partial charge in [-0.15, -0.1) is 0 Å². The van der Waals surface area contributed by atoms with Crippen molar-refractivity contribution in [3.05, 3.63) is 34.9 Å². The molecule has 0 heterocycles. The molecule has 2 rings (SSSR count). The van der Waals surface area contributed by atoms with Crippen molar-refractivity contribution in [2.24, 2.45) is 5.92 Å². The molecule has 0 amide bonds. The van der Waals surface area contributed by atoms with Crippen molar-refractivity contribution in [2.45, 2.75) is 52.0 Å². The van der Waals surface area contributed by atoms with Crippen LogP contribution < -0.4 is 5.32 Å². The molecule has 1 aromatic rings. The third-order valence-electron chi connectivity index (χ3n) is 4.00. The van der Waals surface area contributed by atoms with E-state index in [-0.39, 0.29) is 0 Å². The van der Waals surface area contributed by atoms with Crippen LogP contribution in [0.5, 0.6) is 0 Å². The van der Waals surface area contributed by atoms with E-state index in [0.29, 0.717) is 6.04 Å². The van der Waals surface area contributed by atoms with Crippen LogP contribution in [0.4, 0.5) is 0 Å². The summed E-state index contributed by atoms with van der Waals surface area (Å²) in [7, 11) is 2.10. The molecule has 1 nitrogen and oxygen atoms in total. The van der Waals surface area contributed by atoms with Gasteiger partial charge in [-0.3, -0.25) is 0 Å². The number of nitrogens with one attached hydrogen (secondary N) is 1. The smallest absolute Gasteiger partial charge is 0.0105 e. The van der Waals surface area contributed by atoms with E-state index in [1.165, 1.54) is 48.8 Å². The molecule has 1 unspecified atom stereocenters. The van der Waals surface area contributed by atoms with Gasteiger partial charge in [0.05, 0.1) is 0 Å². The van der Waals surface area contributed by atoms with Gasteiger partial charge in [-0.1, -0.05) is 36.6 Å². The molecule has 1 aromatic carbocycles. The molecule has 94 valence electrons. The molecule has 1 heteroatoms. The lowest BCUT2D eigenvalue weighted by Crippen LogP contribution is -2.28. The molecule has 0 aliphatic heterocycles. The first kappa shape index (κ1) is 12.6. The molecule has 1 atom stereocenters. The minimum absolute atomic E-state index is 0.649. The maximum atomic E-state index is 3.48. The van der Waals surface area contributed by atoms with Gasteiger partial charge in [-0.05, 0) is 57.2 Å². The van der Waals surface area contributed by atoms with Crippen LogP contribution in [0.25, 0.3) is 0 Å². The standard InChI is InChI=1S/C16H25N/c1-12-4-5-13(2)15(10-12)11-16(17-3)9-8-14-6-7-14/h4-5,10,14,16-17H,6-9,11H2,1-3H3.